The molecule has 110 valence electrons. The number of nitrogens with one attached hydrogen (secondary N) is 2. The first-order valence-corrected chi connectivity index (χ1v) is 8.59. The van der Waals surface area contributed by atoms with Gasteiger partial charge in [0, 0.05) is 23.8 Å². The van der Waals surface area contributed by atoms with Gasteiger partial charge in [-0.25, -0.2) is 0 Å². The van der Waals surface area contributed by atoms with E-state index < -0.39 is 0 Å². The van der Waals surface area contributed by atoms with E-state index in [0.29, 0.717) is 6.04 Å². The molecular weight excluding hydrogens is 268 g/mol. The predicted octanol–water partition coefficient (Wildman–Crippen LogP) is 3.44. The van der Waals surface area contributed by atoms with E-state index in [9.17, 15) is 4.79 Å². The summed E-state index contributed by atoms with van der Waals surface area (Å²) in [4.78, 5) is 12.3. The van der Waals surface area contributed by atoms with Crippen molar-refractivity contribution in [3.63, 3.8) is 0 Å². The Kier molecular flexibility index (Phi) is 5.77. The zero-order valence-corrected chi connectivity index (χ0v) is 13.2. The van der Waals surface area contributed by atoms with Crippen LogP contribution in [-0.4, -0.2) is 30.0 Å². The highest BCUT2D eigenvalue weighted by Gasteiger charge is 2.17. The average molecular weight is 292 g/mol. The fraction of sp³-hybridized carbons (Fsp3) is 0.562. The molecule has 1 aromatic rings. The molecule has 1 aromatic carbocycles. The van der Waals surface area contributed by atoms with E-state index >= 15 is 0 Å². The lowest BCUT2D eigenvalue weighted by molar-refractivity contribution is 0.0934. The van der Waals surface area contributed by atoms with Gasteiger partial charge in [-0.2, -0.15) is 11.8 Å². The van der Waals surface area contributed by atoms with Gasteiger partial charge in [0.05, 0.1) is 0 Å². The Morgan fingerprint density at radius 2 is 2.10 bits per heavy atom. The van der Waals surface area contributed by atoms with Gasteiger partial charge in [-0.05, 0) is 61.5 Å². The van der Waals surface area contributed by atoms with Crippen molar-refractivity contribution < 1.29 is 4.79 Å². The van der Waals surface area contributed by atoms with E-state index in [4.69, 9.17) is 0 Å². The zero-order valence-electron chi connectivity index (χ0n) is 12.4. The van der Waals surface area contributed by atoms with Crippen molar-refractivity contribution in [3.8, 4) is 0 Å². The number of hydrogen-bond donors (Lipinski definition) is 2. The van der Waals surface area contributed by atoms with Crippen molar-refractivity contribution in [2.75, 3.05) is 23.4 Å². The maximum absolute atomic E-state index is 12.3. The quantitative estimate of drug-likeness (QED) is 0.873. The summed E-state index contributed by atoms with van der Waals surface area (Å²) >= 11 is 1.97. The number of thioether (sulfide) groups is 1. The smallest absolute Gasteiger partial charge is 0.251 e. The first kappa shape index (κ1) is 15.2. The monoisotopic (exact) mass is 292 g/mol. The summed E-state index contributed by atoms with van der Waals surface area (Å²) in [6.07, 6.45) is 3.28. The largest absolute Gasteiger partial charge is 0.385 e. The molecule has 3 nitrogen and oxygen atoms in total. The number of rotatable bonds is 5. The molecule has 1 amide bonds. The van der Waals surface area contributed by atoms with E-state index in [1.165, 1.54) is 0 Å². The van der Waals surface area contributed by atoms with Crippen molar-refractivity contribution in [2.24, 2.45) is 0 Å². The summed E-state index contributed by atoms with van der Waals surface area (Å²) in [6, 6.07) is 6.33. The summed E-state index contributed by atoms with van der Waals surface area (Å²) in [5, 5.41) is 6.51. The van der Waals surface area contributed by atoms with Crippen LogP contribution in [0.2, 0.25) is 0 Å². The summed E-state index contributed by atoms with van der Waals surface area (Å²) in [6.45, 7) is 5.11. The van der Waals surface area contributed by atoms with Gasteiger partial charge in [0.25, 0.3) is 5.91 Å². The van der Waals surface area contributed by atoms with Gasteiger partial charge >= 0.3 is 0 Å². The maximum Gasteiger partial charge on any atom is 0.251 e. The molecule has 1 saturated heterocycles. The molecule has 0 aliphatic carbocycles. The number of amides is 1. The molecule has 1 aliphatic heterocycles. The molecule has 0 saturated carbocycles. The van der Waals surface area contributed by atoms with E-state index in [-0.39, 0.29) is 5.91 Å². The number of hydrogen-bond acceptors (Lipinski definition) is 3. The summed E-state index contributed by atoms with van der Waals surface area (Å²) in [5.41, 5.74) is 2.93. The van der Waals surface area contributed by atoms with Gasteiger partial charge in [-0.1, -0.05) is 6.92 Å². The van der Waals surface area contributed by atoms with Gasteiger partial charge < -0.3 is 10.6 Å². The maximum atomic E-state index is 12.3. The fourth-order valence-corrected chi connectivity index (χ4v) is 3.51. The van der Waals surface area contributed by atoms with Crippen LogP contribution < -0.4 is 10.6 Å². The molecule has 1 fully saturated rings. The van der Waals surface area contributed by atoms with Gasteiger partial charge in [-0.3, -0.25) is 4.79 Å². The van der Waals surface area contributed by atoms with Crippen molar-refractivity contribution in [1.82, 2.24) is 5.32 Å². The molecule has 0 atom stereocenters. The topological polar surface area (TPSA) is 41.1 Å². The van der Waals surface area contributed by atoms with Crippen LogP contribution in [-0.2, 0) is 0 Å². The average Bonchev–Trinajstić information content (AvgIpc) is 2.46. The Morgan fingerprint density at radius 3 is 2.75 bits per heavy atom. The lowest BCUT2D eigenvalue weighted by atomic mass is 10.1. The van der Waals surface area contributed by atoms with Crippen molar-refractivity contribution in [2.45, 2.75) is 39.2 Å². The van der Waals surface area contributed by atoms with Crippen LogP contribution in [0, 0.1) is 6.92 Å². The SMILES string of the molecule is CCCNc1ccc(C(=O)NC2CCSCC2)c(C)c1. The standard InChI is InChI=1S/C16H24N2OS/c1-3-8-17-14-4-5-15(12(2)11-14)16(19)18-13-6-9-20-10-7-13/h4-5,11,13,17H,3,6-10H2,1-2H3,(H,18,19). The van der Waals surface area contributed by atoms with Gasteiger partial charge in [0.15, 0.2) is 0 Å². The Morgan fingerprint density at radius 1 is 1.35 bits per heavy atom. The molecule has 20 heavy (non-hydrogen) atoms. The normalized spacial score (nSPS) is 15.9. The highest BCUT2D eigenvalue weighted by Crippen LogP contribution is 2.19. The van der Waals surface area contributed by atoms with Crippen molar-refractivity contribution >= 4 is 23.4 Å². The van der Waals surface area contributed by atoms with Crippen LogP contribution >= 0.6 is 11.8 Å². The first-order chi connectivity index (χ1) is 9.70. The molecule has 1 aliphatic rings. The molecule has 0 radical (unpaired) electrons. The van der Waals surface area contributed by atoms with Crippen molar-refractivity contribution in [1.29, 1.82) is 0 Å². The third-order valence-corrected chi connectivity index (χ3v) is 4.66. The molecule has 0 bridgehead atoms. The minimum Gasteiger partial charge on any atom is -0.385 e. The van der Waals surface area contributed by atoms with Gasteiger partial charge in [0.1, 0.15) is 0 Å². The number of carbonyl (C=O) groups is 1. The minimum atomic E-state index is 0.0708. The van der Waals surface area contributed by atoms with Crippen molar-refractivity contribution in [3.05, 3.63) is 29.3 Å². The number of anilines is 1. The van der Waals surface area contributed by atoms with E-state index in [1.807, 2.05) is 30.8 Å². The van der Waals surface area contributed by atoms with Crippen LogP contribution in [0.5, 0.6) is 0 Å². The lowest BCUT2D eigenvalue weighted by Gasteiger charge is -2.23. The van der Waals surface area contributed by atoms with Crippen LogP contribution in [0.15, 0.2) is 18.2 Å². The third kappa shape index (κ3) is 4.17. The van der Waals surface area contributed by atoms with Crippen LogP contribution in [0.3, 0.4) is 0 Å². The summed E-state index contributed by atoms with van der Waals surface area (Å²) in [5.74, 6) is 2.38. The second-order valence-corrected chi connectivity index (χ2v) is 6.54. The zero-order chi connectivity index (χ0) is 14.4. The minimum absolute atomic E-state index is 0.0708. The molecule has 0 unspecified atom stereocenters. The number of aryl methyl sites for hydroxylation is 1. The van der Waals surface area contributed by atoms with Crippen LogP contribution in [0.1, 0.15) is 42.1 Å². The number of carbonyl (C=O) groups excluding carboxylic acids is 1. The Balaban J connectivity index is 1.98. The molecule has 4 heteroatoms. The summed E-state index contributed by atoms with van der Waals surface area (Å²) in [7, 11) is 0. The van der Waals surface area contributed by atoms with E-state index in [2.05, 4.69) is 23.6 Å². The Hall–Kier alpha value is -1.16. The van der Waals surface area contributed by atoms with Crippen LogP contribution in [0.25, 0.3) is 0 Å². The highest BCUT2D eigenvalue weighted by atomic mass is 32.2. The highest BCUT2D eigenvalue weighted by molar-refractivity contribution is 7.99. The Labute approximate surface area is 125 Å². The Bertz CT molecular complexity index is 456. The molecule has 2 rings (SSSR count). The molecular formula is C16H24N2OS. The van der Waals surface area contributed by atoms with E-state index in [1.54, 1.807) is 0 Å². The van der Waals surface area contributed by atoms with Gasteiger partial charge in [0.2, 0.25) is 0 Å². The van der Waals surface area contributed by atoms with Crippen LogP contribution in [0.4, 0.5) is 5.69 Å². The molecule has 0 spiro atoms. The second kappa shape index (κ2) is 7.58. The molecule has 0 aromatic heterocycles. The van der Waals surface area contributed by atoms with Gasteiger partial charge in [-0.15, -0.1) is 0 Å². The first-order valence-electron chi connectivity index (χ1n) is 7.44. The second-order valence-electron chi connectivity index (χ2n) is 5.32. The van der Waals surface area contributed by atoms with E-state index in [0.717, 1.165) is 54.1 Å². The lowest BCUT2D eigenvalue weighted by Crippen LogP contribution is -2.37. The molecule has 2 N–H and O–H groups in total. The summed E-state index contributed by atoms with van der Waals surface area (Å²) < 4.78 is 0. The number of benzene rings is 1. The fourth-order valence-electron chi connectivity index (χ4n) is 2.40. The molecule has 1 heterocycles. The predicted molar refractivity (Wildman–Crippen MR) is 87.8 cm³/mol. The third-order valence-electron chi connectivity index (χ3n) is 3.61.